The standard InChI is InChI=1S/C14H16FN5O2/c1-20(2)12-11(8-16-14(19-12)22-3)18-13(21)17-10-6-4-9(15)5-7-10/h4-8H,1-3H3,(H2,17,18,21). The van der Waals surface area contributed by atoms with E-state index in [0.29, 0.717) is 17.2 Å². The molecular weight excluding hydrogens is 289 g/mol. The third kappa shape index (κ3) is 3.81. The summed E-state index contributed by atoms with van der Waals surface area (Å²) in [7, 11) is 5.03. The number of rotatable bonds is 4. The van der Waals surface area contributed by atoms with Gasteiger partial charge in [0.15, 0.2) is 5.82 Å². The molecule has 0 aliphatic carbocycles. The Balaban J connectivity index is 2.12. The zero-order valence-electron chi connectivity index (χ0n) is 12.4. The number of nitrogens with zero attached hydrogens (tertiary/aromatic N) is 3. The van der Waals surface area contributed by atoms with Gasteiger partial charge in [-0.1, -0.05) is 0 Å². The minimum absolute atomic E-state index is 0.202. The molecule has 0 fully saturated rings. The van der Waals surface area contributed by atoms with E-state index in [2.05, 4.69) is 20.6 Å². The molecule has 2 aromatic rings. The van der Waals surface area contributed by atoms with Gasteiger partial charge in [0.2, 0.25) is 0 Å². The van der Waals surface area contributed by atoms with Crippen molar-refractivity contribution in [1.29, 1.82) is 0 Å². The summed E-state index contributed by atoms with van der Waals surface area (Å²) in [5.74, 6) is 0.130. The zero-order valence-corrected chi connectivity index (χ0v) is 12.4. The summed E-state index contributed by atoms with van der Waals surface area (Å²) in [6, 6.07) is 5.17. The molecule has 0 saturated carbocycles. The van der Waals surface area contributed by atoms with Crippen LogP contribution in [0.25, 0.3) is 0 Å². The van der Waals surface area contributed by atoms with Crippen molar-refractivity contribution in [2.24, 2.45) is 0 Å². The first-order valence-electron chi connectivity index (χ1n) is 6.41. The Labute approximate surface area is 127 Å². The van der Waals surface area contributed by atoms with Crippen LogP contribution in [0.2, 0.25) is 0 Å². The zero-order chi connectivity index (χ0) is 16.1. The molecule has 0 bridgehead atoms. The smallest absolute Gasteiger partial charge is 0.323 e. The first kappa shape index (κ1) is 15.5. The second-order valence-corrected chi connectivity index (χ2v) is 4.57. The van der Waals surface area contributed by atoms with Gasteiger partial charge in [0.05, 0.1) is 13.3 Å². The van der Waals surface area contributed by atoms with Crippen molar-refractivity contribution < 1.29 is 13.9 Å². The Morgan fingerprint density at radius 3 is 2.50 bits per heavy atom. The van der Waals surface area contributed by atoms with Gasteiger partial charge in [0.1, 0.15) is 11.5 Å². The number of carbonyl (C=O) groups is 1. The van der Waals surface area contributed by atoms with Crippen LogP contribution in [-0.2, 0) is 0 Å². The number of hydrogen-bond acceptors (Lipinski definition) is 5. The van der Waals surface area contributed by atoms with Gasteiger partial charge in [-0.05, 0) is 24.3 Å². The molecular formula is C14H16FN5O2. The highest BCUT2D eigenvalue weighted by molar-refractivity contribution is 6.01. The van der Waals surface area contributed by atoms with E-state index >= 15 is 0 Å². The maximum absolute atomic E-state index is 12.8. The second-order valence-electron chi connectivity index (χ2n) is 4.57. The normalized spacial score (nSPS) is 10.0. The molecule has 22 heavy (non-hydrogen) atoms. The highest BCUT2D eigenvalue weighted by Crippen LogP contribution is 2.23. The van der Waals surface area contributed by atoms with Crippen LogP contribution < -0.4 is 20.3 Å². The predicted octanol–water partition coefficient (Wildman–Crippen LogP) is 2.33. The predicted molar refractivity (Wildman–Crippen MR) is 82.0 cm³/mol. The van der Waals surface area contributed by atoms with Crippen LogP contribution in [0.1, 0.15) is 0 Å². The molecule has 0 unspecified atom stereocenters. The summed E-state index contributed by atoms with van der Waals surface area (Å²) in [5.41, 5.74) is 0.894. The van der Waals surface area contributed by atoms with Crippen LogP contribution in [0.4, 0.5) is 26.4 Å². The van der Waals surface area contributed by atoms with Crippen LogP contribution in [0.15, 0.2) is 30.5 Å². The van der Waals surface area contributed by atoms with Gasteiger partial charge in [0.25, 0.3) is 0 Å². The van der Waals surface area contributed by atoms with Crippen molar-refractivity contribution in [2.75, 3.05) is 36.7 Å². The van der Waals surface area contributed by atoms with E-state index in [1.54, 1.807) is 19.0 Å². The number of anilines is 3. The monoisotopic (exact) mass is 305 g/mol. The number of urea groups is 1. The molecule has 2 N–H and O–H groups in total. The van der Waals surface area contributed by atoms with E-state index in [0.717, 1.165) is 0 Å². The minimum atomic E-state index is -0.483. The summed E-state index contributed by atoms with van der Waals surface area (Å²) in [6.45, 7) is 0. The molecule has 0 saturated heterocycles. The number of halogens is 1. The Morgan fingerprint density at radius 1 is 1.23 bits per heavy atom. The van der Waals surface area contributed by atoms with Crippen molar-refractivity contribution in [3.8, 4) is 6.01 Å². The Morgan fingerprint density at radius 2 is 1.91 bits per heavy atom. The maximum Gasteiger partial charge on any atom is 0.323 e. The van der Waals surface area contributed by atoms with Crippen LogP contribution in [0.5, 0.6) is 6.01 Å². The van der Waals surface area contributed by atoms with Crippen molar-refractivity contribution in [3.63, 3.8) is 0 Å². The van der Waals surface area contributed by atoms with Crippen molar-refractivity contribution >= 4 is 23.2 Å². The fourth-order valence-corrected chi connectivity index (χ4v) is 1.70. The number of nitrogens with one attached hydrogen (secondary N) is 2. The van der Waals surface area contributed by atoms with Gasteiger partial charge in [-0.3, -0.25) is 0 Å². The largest absolute Gasteiger partial charge is 0.467 e. The Kier molecular flexibility index (Phi) is 4.72. The van der Waals surface area contributed by atoms with Gasteiger partial charge in [-0.2, -0.15) is 4.98 Å². The second kappa shape index (κ2) is 6.70. The lowest BCUT2D eigenvalue weighted by Crippen LogP contribution is -2.22. The number of hydrogen-bond donors (Lipinski definition) is 2. The number of ether oxygens (including phenoxy) is 1. The minimum Gasteiger partial charge on any atom is -0.467 e. The number of carbonyl (C=O) groups excluding carboxylic acids is 1. The van der Waals surface area contributed by atoms with Crippen molar-refractivity contribution in [3.05, 3.63) is 36.3 Å². The summed E-state index contributed by atoms with van der Waals surface area (Å²) < 4.78 is 17.8. The summed E-state index contributed by atoms with van der Waals surface area (Å²) in [4.78, 5) is 21.8. The van der Waals surface area contributed by atoms with Crippen LogP contribution >= 0.6 is 0 Å². The number of benzene rings is 1. The molecule has 8 heteroatoms. The highest BCUT2D eigenvalue weighted by atomic mass is 19.1. The third-order valence-electron chi connectivity index (χ3n) is 2.70. The molecule has 1 aromatic carbocycles. The Bertz CT molecular complexity index is 661. The average molecular weight is 305 g/mol. The summed E-state index contributed by atoms with van der Waals surface area (Å²) >= 11 is 0. The fourth-order valence-electron chi connectivity index (χ4n) is 1.70. The topological polar surface area (TPSA) is 79.4 Å². The molecule has 116 valence electrons. The summed E-state index contributed by atoms with van der Waals surface area (Å²) in [6.07, 6.45) is 1.45. The lowest BCUT2D eigenvalue weighted by atomic mass is 10.3. The molecule has 2 rings (SSSR count). The molecule has 7 nitrogen and oxygen atoms in total. The van der Waals surface area contributed by atoms with Crippen LogP contribution in [0, 0.1) is 5.82 Å². The quantitative estimate of drug-likeness (QED) is 0.906. The maximum atomic E-state index is 12.8. The number of methoxy groups -OCH3 is 1. The van der Waals surface area contributed by atoms with E-state index in [1.165, 1.54) is 37.6 Å². The molecule has 2 amide bonds. The third-order valence-corrected chi connectivity index (χ3v) is 2.70. The van der Waals surface area contributed by atoms with Gasteiger partial charge in [0, 0.05) is 19.8 Å². The molecule has 0 atom stereocenters. The van der Waals surface area contributed by atoms with Gasteiger partial charge in [-0.25, -0.2) is 14.2 Å². The van der Waals surface area contributed by atoms with E-state index < -0.39 is 6.03 Å². The molecule has 0 aliphatic heterocycles. The van der Waals surface area contributed by atoms with E-state index in [9.17, 15) is 9.18 Å². The number of aromatic nitrogens is 2. The average Bonchev–Trinajstić information content (AvgIpc) is 2.49. The molecule has 0 aliphatic rings. The van der Waals surface area contributed by atoms with Crippen molar-refractivity contribution in [2.45, 2.75) is 0 Å². The van der Waals surface area contributed by atoms with Crippen LogP contribution in [-0.4, -0.2) is 37.2 Å². The van der Waals surface area contributed by atoms with E-state index in [-0.39, 0.29) is 11.8 Å². The Hall–Kier alpha value is -2.90. The van der Waals surface area contributed by atoms with Crippen molar-refractivity contribution in [1.82, 2.24) is 9.97 Å². The first-order chi connectivity index (χ1) is 10.5. The molecule has 0 radical (unpaired) electrons. The molecule has 1 aromatic heterocycles. The first-order valence-corrected chi connectivity index (χ1v) is 6.41. The lowest BCUT2D eigenvalue weighted by Gasteiger charge is -2.17. The fraction of sp³-hybridized carbons (Fsp3) is 0.214. The molecule has 1 heterocycles. The number of amides is 2. The van der Waals surface area contributed by atoms with Crippen LogP contribution in [0.3, 0.4) is 0 Å². The highest BCUT2D eigenvalue weighted by Gasteiger charge is 2.12. The lowest BCUT2D eigenvalue weighted by molar-refractivity contribution is 0.262. The van der Waals surface area contributed by atoms with Gasteiger partial charge < -0.3 is 20.3 Å². The summed E-state index contributed by atoms with van der Waals surface area (Å²) in [5, 5.41) is 5.23. The van der Waals surface area contributed by atoms with Gasteiger partial charge >= 0.3 is 12.0 Å². The van der Waals surface area contributed by atoms with E-state index in [4.69, 9.17) is 4.74 Å². The molecule has 0 spiro atoms. The van der Waals surface area contributed by atoms with E-state index in [1.807, 2.05) is 0 Å². The SMILES string of the molecule is COc1ncc(NC(=O)Nc2ccc(F)cc2)c(N(C)C)n1. The van der Waals surface area contributed by atoms with Gasteiger partial charge in [-0.15, -0.1) is 0 Å².